The summed E-state index contributed by atoms with van der Waals surface area (Å²) in [6.45, 7) is 0. The van der Waals surface area contributed by atoms with E-state index < -0.39 is 5.97 Å². The summed E-state index contributed by atoms with van der Waals surface area (Å²) < 4.78 is 4.34. The second-order valence-corrected chi connectivity index (χ2v) is 2.57. The van der Waals surface area contributed by atoms with E-state index in [1.54, 1.807) is 24.5 Å². The number of carbonyl (C=O) groups is 1. The number of H-pyrrole nitrogens is 1. The monoisotopic (exact) mass is 442 g/mol. The van der Waals surface area contributed by atoms with Crippen molar-refractivity contribution in [2.45, 2.75) is 0 Å². The van der Waals surface area contributed by atoms with Gasteiger partial charge in [-0.25, -0.2) is 9.78 Å². The number of rotatable bonds is 1. The van der Waals surface area contributed by atoms with E-state index in [1.165, 1.54) is 0 Å². The maximum absolute atomic E-state index is 11.1. The van der Waals surface area contributed by atoms with Gasteiger partial charge in [0.15, 0.2) is 0 Å². The van der Waals surface area contributed by atoms with Crippen molar-refractivity contribution in [3.8, 4) is 0 Å². The smallest absolute Gasteiger partial charge is 0.306 e. The van der Waals surface area contributed by atoms with E-state index in [9.17, 15) is 4.79 Å². The second kappa shape index (κ2) is 3.26. The zero-order valence-corrected chi connectivity index (χ0v) is 13.9. The van der Waals surface area contributed by atoms with Crippen molar-refractivity contribution in [3.05, 3.63) is 37.2 Å². The van der Waals surface area contributed by atoms with Gasteiger partial charge in [0.05, 0.1) is 22.9 Å². The number of hydrogen-bond donors (Lipinski definition) is 1. The minimum Gasteiger partial charge on any atom is -0.637 e. The molecular formula is C9H7N2O2Rf-. The molecule has 14 heavy (non-hydrogen) atoms. The number of imidazole rings is 1. The maximum atomic E-state index is 11.1. The fourth-order valence-corrected chi connectivity index (χ4v) is 1.15. The number of fused-ring (bicyclic) bond motifs is 1. The summed E-state index contributed by atoms with van der Waals surface area (Å²) in [6.07, 6.45) is 1.57. The van der Waals surface area contributed by atoms with Gasteiger partial charge in [-0.05, 0) is 18.2 Å². The Morgan fingerprint density at radius 1 is 1.50 bits per heavy atom. The molecular weight excluding hydrogens is 435 g/mol. The fourth-order valence-electron chi connectivity index (χ4n) is 1.15. The predicted octanol–water partition coefficient (Wildman–Crippen LogP) is 1.51. The van der Waals surface area contributed by atoms with Crippen LogP contribution in [0, 0.1) is 7.11 Å². The van der Waals surface area contributed by atoms with Gasteiger partial charge < -0.3 is 9.72 Å². The Labute approximate surface area is 74.5 Å². The molecule has 0 saturated carbocycles. The quantitative estimate of drug-likeness (QED) is 0.539. The molecule has 0 saturated heterocycles. The van der Waals surface area contributed by atoms with Gasteiger partial charge in [-0.2, -0.15) is 7.11 Å². The third-order valence-electron chi connectivity index (χ3n) is 1.79. The van der Waals surface area contributed by atoms with Crippen molar-refractivity contribution in [2.24, 2.45) is 0 Å². The van der Waals surface area contributed by atoms with E-state index in [2.05, 4.69) is 21.8 Å². The molecule has 0 atom stereocenters. The number of aromatic nitrogens is 2. The van der Waals surface area contributed by atoms with Gasteiger partial charge in [0, 0.05) is 0 Å². The molecule has 2 rings (SSSR count). The first-order valence-corrected chi connectivity index (χ1v) is 3.71. The minimum atomic E-state index is -0.448. The summed E-state index contributed by atoms with van der Waals surface area (Å²) in [6, 6.07) is 5.07. The van der Waals surface area contributed by atoms with Crippen molar-refractivity contribution in [3.63, 3.8) is 0 Å². The molecule has 0 aliphatic heterocycles. The standard InChI is InChI=1S/C9H7N2O2.Rf/c1-13-9(12)6-2-3-7-8(4-6)11-5-10-7;/h2-5H,1H2,(H,10,11);/q-1;. The van der Waals surface area contributed by atoms with E-state index in [1.807, 2.05) is 0 Å². The van der Waals surface area contributed by atoms with Crippen LogP contribution in [0.4, 0.5) is 0 Å². The molecule has 0 aliphatic carbocycles. The summed E-state index contributed by atoms with van der Waals surface area (Å²) in [5.74, 6) is -0.448. The van der Waals surface area contributed by atoms with E-state index in [0.717, 1.165) is 11.0 Å². The number of carbonyl (C=O) groups excluding carboxylic acids is 1. The van der Waals surface area contributed by atoms with Gasteiger partial charge in [0.2, 0.25) is 0 Å². The zero-order valence-electron chi connectivity index (χ0n) is 7.49. The predicted molar refractivity (Wildman–Crippen MR) is 46.9 cm³/mol. The molecule has 1 aromatic heterocycles. The van der Waals surface area contributed by atoms with Gasteiger partial charge in [0.1, 0.15) is 0 Å². The molecule has 0 aliphatic rings. The second-order valence-electron chi connectivity index (χ2n) is 2.57. The van der Waals surface area contributed by atoms with Crippen LogP contribution in [0.25, 0.3) is 11.0 Å². The molecule has 0 unspecified atom stereocenters. The summed E-state index contributed by atoms with van der Waals surface area (Å²) >= 11 is 0. The van der Waals surface area contributed by atoms with Crippen molar-refractivity contribution >= 4 is 17.0 Å². The minimum absolute atomic E-state index is 0. The van der Waals surface area contributed by atoms with Crippen LogP contribution in [0.2, 0.25) is 0 Å². The number of esters is 1. The Kier molecular flexibility index (Phi) is 2.16. The first kappa shape index (κ1) is 9.25. The van der Waals surface area contributed by atoms with Crippen LogP contribution in [-0.4, -0.2) is 15.9 Å². The van der Waals surface area contributed by atoms with E-state index in [4.69, 9.17) is 0 Å². The Bertz CT molecular complexity index is 453. The molecule has 5 heteroatoms. The van der Waals surface area contributed by atoms with Gasteiger partial charge in [-0.3, -0.25) is 0 Å². The number of nitrogens with one attached hydrogen (secondary N) is 1. The molecule has 0 radical (unpaired) electrons. The van der Waals surface area contributed by atoms with E-state index in [0.29, 0.717) is 5.56 Å². The first-order chi connectivity index (χ1) is 6.31. The van der Waals surface area contributed by atoms with Crippen LogP contribution in [-0.2, 0) is 4.74 Å². The number of ether oxygens (including phenoxy) is 1. The summed E-state index contributed by atoms with van der Waals surface area (Å²) in [5, 5.41) is 0. The normalized spacial score (nSPS) is 9.50. The number of aromatic amines is 1. The fraction of sp³-hybridized carbons (Fsp3) is 0. The average molecular weight is 442 g/mol. The third kappa shape index (κ3) is 1.24. The summed E-state index contributed by atoms with van der Waals surface area (Å²) in [4.78, 5) is 18.0. The van der Waals surface area contributed by atoms with Gasteiger partial charge in [-0.1, -0.05) is 0 Å². The summed E-state index contributed by atoms with van der Waals surface area (Å²) in [7, 11) is 3.05. The van der Waals surface area contributed by atoms with Crippen LogP contribution < -0.4 is 0 Å². The van der Waals surface area contributed by atoms with Gasteiger partial charge >= 0.3 is 5.97 Å². The molecule has 1 aromatic carbocycles. The van der Waals surface area contributed by atoms with E-state index >= 15 is 0 Å². The van der Waals surface area contributed by atoms with E-state index in [-0.39, 0.29) is 0 Å². The van der Waals surface area contributed by atoms with Crippen LogP contribution >= 0.6 is 0 Å². The summed E-state index contributed by atoms with van der Waals surface area (Å²) in [5.41, 5.74) is 2.09. The zero-order chi connectivity index (χ0) is 9.26. The SMILES string of the molecule is [CH2-]OC(=O)c1ccc2nc[nH]c2c1.[Rf]. The van der Waals surface area contributed by atoms with Crippen LogP contribution in [0.5, 0.6) is 0 Å². The first-order valence-electron chi connectivity index (χ1n) is 3.71. The largest absolute Gasteiger partial charge is 0.637 e. The van der Waals surface area contributed by atoms with Gasteiger partial charge in [0.25, 0.3) is 0 Å². The molecule has 0 bridgehead atoms. The molecule has 1 N–H and O–H groups in total. The molecule has 0 amide bonds. The van der Waals surface area contributed by atoms with Gasteiger partial charge in [-0.15, -0.1) is 0 Å². The number of benzene rings is 1. The molecule has 4 nitrogen and oxygen atoms in total. The van der Waals surface area contributed by atoms with Crippen molar-refractivity contribution < 1.29 is 9.53 Å². The Morgan fingerprint density at radius 3 is 3.00 bits per heavy atom. The number of hydrogen-bond acceptors (Lipinski definition) is 3. The maximum Gasteiger partial charge on any atom is 0.306 e. The molecule has 0 spiro atoms. The Morgan fingerprint density at radius 2 is 2.29 bits per heavy atom. The molecule has 0 fully saturated rings. The van der Waals surface area contributed by atoms with Crippen molar-refractivity contribution in [2.75, 3.05) is 0 Å². The number of nitrogens with zero attached hydrogens (tertiary/aromatic N) is 1. The Balaban J connectivity index is 0.000000980. The molecule has 68 valence electrons. The van der Waals surface area contributed by atoms with Crippen LogP contribution in [0.3, 0.4) is 0 Å². The molecule has 2 aromatic rings. The van der Waals surface area contributed by atoms with Crippen molar-refractivity contribution in [1.29, 1.82) is 0 Å². The topological polar surface area (TPSA) is 55.0 Å². The van der Waals surface area contributed by atoms with Crippen molar-refractivity contribution in [1.82, 2.24) is 9.97 Å². The molecule has 1 heterocycles. The third-order valence-corrected chi connectivity index (χ3v) is 1.79. The average Bonchev–Trinajstić information content (AvgIpc) is 2.63. The van der Waals surface area contributed by atoms with Crippen LogP contribution in [0.15, 0.2) is 24.5 Å². The van der Waals surface area contributed by atoms with Crippen LogP contribution in [0.1, 0.15) is 10.4 Å². The Hall–Kier alpha value is -2.84.